The van der Waals surface area contributed by atoms with Gasteiger partial charge in [-0.3, -0.25) is 10.1 Å². The molecule has 0 N–H and O–H groups in total. The maximum Gasteiger partial charge on any atom is 0.352 e. The van der Waals surface area contributed by atoms with Crippen LogP contribution in [0.25, 0.3) is 0 Å². The lowest BCUT2D eigenvalue weighted by atomic mass is 10.3. The number of esters is 1. The summed E-state index contributed by atoms with van der Waals surface area (Å²) in [5.41, 5.74) is -0.515. The zero-order chi connectivity index (χ0) is 17.0. The lowest BCUT2D eigenvalue weighted by Crippen LogP contribution is -2.28. The second-order valence-corrected chi connectivity index (χ2v) is 4.94. The van der Waals surface area contributed by atoms with Gasteiger partial charge in [-0.15, -0.1) is 0 Å². The van der Waals surface area contributed by atoms with Crippen molar-refractivity contribution in [2.75, 3.05) is 0 Å². The molecule has 0 aliphatic carbocycles. The lowest BCUT2D eigenvalue weighted by molar-refractivity contribution is -0.385. The number of carbonyl (C=O) groups excluding carboxylic acids is 1. The third-order valence-corrected chi connectivity index (χ3v) is 3.04. The summed E-state index contributed by atoms with van der Waals surface area (Å²) >= 11 is 5.73. The molecule has 0 aliphatic rings. The van der Waals surface area contributed by atoms with Crippen molar-refractivity contribution in [1.29, 1.82) is 0 Å². The van der Waals surface area contributed by atoms with Crippen LogP contribution in [-0.2, 0) is 4.79 Å². The number of benzene rings is 2. The van der Waals surface area contributed by atoms with Crippen LogP contribution in [0.15, 0.2) is 42.5 Å². The Bertz CT molecular complexity index is 735. The Labute approximate surface area is 135 Å². The van der Waals surface area contributed by atoms with Crippen LogP contribution in [0.2, 0.25) is 5.02 Å². The van der Waals surface area contributed by atoms with Gasteiger partial charge < -0.3 is 9.47 Å². The van der Waals surface area contributed by atoms with Gasteiger partial charge in [0.1, 0.15) is 11.6 Å². The van der Waals surface area contributed by atoms with Crippen LogP contribution in [0.1, 0.15) is 6.92 Å². The van der Waals surface area contributed by atoms with E-state index in [1.54, 1.807) is 24.3 Å². The molecule has 2 rings (SSSR count). The Balaban J connectivity index is 2.10. The summed E-state index contributed by atoms with van der Waals surface area (Å²) in [7, 11) is 0. The highest BCUT2D eigenvalue weighted by atomic mass is 35.5. The molecule has 0 aliphatic heterocycles. The number of rotatable bonds is 5. The Morgan fingerprint density at radius 3 is 2.52 bits per heavy atom. The number of ether oxygens (including phenoxy) is 2. The molecule has 6 nitrogen and oxygen atoms in total. The molecule has 0 radical (unpaired) electrons. The predicted molar refractivity (Wildman–Crippen MR) is 80.2 cm³/mol. The smallest absolute Gasteiger partial charge is 0.352 e. The minimum atomic E-state index is -1.06. The summed E-state index contributed by atoms with van der Waals surface area (Å²) < 4.78 is 23.4. The van der Waals surface area contributed by atoms with E-state index < -0.39 is 34.3 Å². The Kier molecular flexibility index (Phi) is 5.13. The van der Waals surface area contributed by atoms with Gasteiger partial charge in [0.15, 0.2) is 6.10 Å². The summed E-state index contributed by atoms with van der Waals surface area (Å²) in [5.74, 6) is -1.77. The van der Waals surface area contributed by atoms with Gasteiger partial charge in [-0.2, -0.15) is 0 Å². The molecule has 1 atom stereocenters. The van der Waals surface area contributed by atoms with E-state index in [0.717, 1.165) is 18.2 Å². The highest BCUT2D eigenvalue weighted by molar-refractivity contribution is 6.30. The van der Waals surface area contributed by atoms with E-state index in [-0.39, 0.29) is 0 Å². The molecule has 8 heteroatoms. The number of nitrogens with zero attached hydrogens (tertiary/aromatic N) is 1. The monoisotopic (exact) mass is 339 g/mol. The van der Waals surface area contributed by atoms with Crippen LogP contribution < -0.4 is 9.47 Å². The Morgan fingerprint density at radius 2 is 1.91 bits per heavy atom. The van der Waals surface area contributed by atoms with Crippen molar-refractivity contribution in [3.63, 3.8) is 0 Å². The number of nitro groups is 1. The van der Waals surface area contributed by atoms with E-state index in [1.165, 1.54) is 6.92 Å². The van der Waals surface area contributed by atoms with E-state index >= 15 is 0 Å². The van der Waals surface area contributed by atoms with Gasteiger partial charge >= 0.3 is 11.7 Å². The molecule has 0 bridgehead atoms. The second kappa shape index (κ2) is 7.06. The van der Waals surface area contributed by atoms with Gasteiger partial charge in [-0.05, 0) is 37.3 Å². The minimum Gasteiger partial charge on any atom is -0.479 e. The molecule has 0 saturated heterocycles. The first-order chi connectivity index (χ1) is 10.9. The van der Waals surface area contributed by atoms with Gasteiger partial charge in [0.05, 0.1) is 4.92 Å². The largest absolute Gasteiger partial charge is 0.479 e. The molecule has 1 unspecified atom stereocenters. The van der Waals surface area contributed by atoms with Crippen LogP contribution in [0.4, 0.5) is 10.1 Å². The molecule has 120 valence electrons. The normalized spacial score (nSPS) is 11.6. The van der Waals surface area contributed by atoms with Crippen LogP contribution in [0.5, 0.6) is 11.5 Å². The average Bonchev–Trinajstić information content (AvgIpc) is 2.49. The molecule has 0 saturated carbocycles. The highest BCUT2D eigenvalue weighted by Crippen LogP contribution is 2.28. The van der Waals surface area contributed by atoms with Crippen molar-refractivity contribution < 1.29 is 23.6 Å². The first-order valence-corrected chi connectivity index (χ1v) is 6.82. The molecule has 2 aromatic rings. The molecule has 0 fully saturated rings. The quantitative estimate of drug-likeness (QED) is 0.358. The predicted octanol–water partition coefficient (Wildman–Crippen LogP) is 3.76. The molecule has 0 heterocycles. The van der Waals surface area contributed by atoms with E-state index in [4.69, 9.17) is 21.1 Å². The number of hydrogen-bond donors (Lipinski definition) is 0. The Hall–Kier alpha value is -2.67. The van der Waals surface area contributed by atoms with E-state index in [0.29, 0.717) is 10.8 Å². The SMILES string of the molecule is CC(Oc1ccc(Cl)cc1)C(=O)Oc1cc(F)ccc1[N+](=O)[O-]. The van der Waals surface area contributed by atoms with Gasteiger partial charge in [-0.25, -0.2) is 9.18 Å². The van der Waals surface area contributed by atoms with Gasteiger partial charge in [0.2, 0.25) is 5.75 Å². The summed E-state index contributed by atoms with van der Waals surface area (Å²) in [6.45, 7) is 1.40. The average molecular weight is 340 g/mol. The lowest BCUT2D eigenvalue weighted by Gasteiger charge is -2.13. The van der Waals surface area contributed by atoms with Gasteiger partial charge in [0, 0.05) is 17.2 Å². The first kappa shape index (κ1) is 16.7. The van der Waals surface area contributed by atoms with Crippen molar-refractivity contribution in [2.24, 2.45) is 0 Å². The van der Waals surface area contributed by atoms with Crippen LogP contribution in [0.3, 0.4) is 0 Å². The van der Waals surface area contributed by atoms with Gasteiger partial charge in [0.25, 0.3) is 0 Å². The standard InChI is InChI=1S/C15H11ClFNO5/c1-9(22-12-5-2-10(16)3-6-12)15(19)23-14-8-11(17)4-7-13(14)18(20)21/h2-9H,1H3. The van der Waals surface area contributed by atoms with E-state index in [9.17, 15) is 19.3 Å². The van der Waals surface area contributed by atoms with Crippen molar-refractivity contribution in [3.8, 4) is 11.5 Å². The number of carbonyl (C=O) groups is 1. The van der Waals surface area contributed by atoms with Crippen LogP contribution in [0, 0.1) is 15.9 Å². The van der Waals surface area contributed by atoms with Crippen LogP contribution in [-0.4, -0.2) is 17.0 Å². The molecular weight excluding hydrogens is 329 g/mol. The molecule has 0 spiro atoms. The van der Waals surface area contributed by atoms with E-state index in [1.807, 2.05) is 0 Å². The zero-order valence-electron chi connectivity index (χ0n) is 11.9. The summed E-state index contributed by atoms with van der Waals surface area (Å²) in [6.07, 6.45) is -1.06. The fourth-order valence-electron chi connectivity index (χ4n) is 1.68. The van der Waals surface area contributed by atoms with Crippen molar-refractivity contribution in [2.45, 2.75) is 13.0 Å². The molecule has 2 aromatic carbocycles. The maximum atomic E-state index is 13.2. The summed E-state index contributed by atoms with van der Waals surface area (Å²) in [6, 6.07) is 8.85. The van der Waals surface area contributed by atoms with E-state index in [2.05, 4.69) is 0 Å². The second-order valence-electron chi connectivity index (χ2n) is 4.50. The van der Waals surface area contributed by atoms with Crippen LogP contribution >= 0.6 is 11.6 Å². The zero-order valence-corrected chi connectivity index (χ0v) is 12.6. The fraction of sp³-hybridized carbons (Fsp3) is 0.133. The fourth-order valence-corrected chi connectivity index (χ4v) is 1.80. The summed E-state index contributed by atoms with van der Waals surface area (Å²) in [5, 5.41) is 11.4. The maximum absolute atomic E-state index is 13.2. The van der Waals surface area contributed by atoms with Crippen molar-refractivity contribution in [1.82, 2.24) is 0 Å². The van der Waals surface area contributed by atoms with Crippen molar-refractivity contribution >= 4 is 23.3 Å². The molecular formula is C15H11ClFNO5. The van der Waals surface area contributed by atoms with Crippen molar-refractivity contribution in [3.05, 3.63) is 63.4 Å². The topological polar surface area (TPSA) is 78.7 Å². The Morgan fingerprint density at radius 1 is 1.26 bits per heavy atom. The molecule has 0 amide bonds. The van der Waals surface area contributed by atoms with Gasteiger partial charge in [-0.1, -0.05) is 11.6 Å². The molecule has 23 heavy (non-hydrogen) atoms. The first-order valence-electron chi connectivity index (χ1n) is 6.44. The molecule has 0 aromatic heterocycles. The third kappa shape index (κ3) is 4.40. The number of nitro benzene ring substituents is 1. The number of hydrogen-bond acceptors (Lipinski definition) is 5. The number of halogens is 2. The highest BCUT2D eigenvalue weighted by Gasteiger charge is 2.23. The minimum absolute atomic E-state index is 0.368. The summed E-state index contributed by atoms with van der Waals surface area (Å²) in [4.78, 5) is 22.0. The third-order valence-electron chi connectivity index (χ3n) is 2.79.